The van der Waals surface area contributed by atoms with Crippen LogP contribution in [0.1, 0.15) is 0 Å². The van der Waals surface area contributed by atoms with Crippen LogP contribution in [0.15, 0.2) is 42.5 Å². The fourth-order valence-electron chi connectivity index (χ4n) is 1.81. The van der Waals surface area contributed by atoms with Crippen LogP contribution in [-0.4, -0.2) is 12.7 Å². The Bertz CT molecular complexity index is 696. The van der Waals surface area contributed by atoms with Gasteiger partial charge in [-0.05, 0) is 24.3 Å². The number of halogens is 7. The van der Waals surface area contributed by atoms with Gasteiger partial charge in [-0.1, -0.05) is 29.8 Å². The number of hydrogen-bond donors (Lipinski definition) is 0. The highest BCUT2D eigenvalue weighted by Gasteiger charge is 2.33. The molecule has 0 saturated carbocycles. The molecule has 2 nitrogen and oxygen atoms in total. The first-order valence-corrected chi connectivity index (χ1v) is 6.33. The van der Waals surface area contributed by atoms with E-state index in [1.165, 1.54) is 18.2 Å². The number of rotatable bonds is 3. The summed E-state index contributed by atoms with van der Waals surface area (Å²) in [4.78, 5) is 0. The molecule has 0 unspecified atom stereocenters. The molecule has 9 heteroatoms. The van der Waals surface area contributed by atoms with Crippen LogP contribution >= 0.6 is 11.6 Å². The van der Waals surface area contributed by atoms with Crippen molar-refractivity contribution in [2.75, 3.05) is 0 Å². The molecule has 0 aliphatic heterocycles. The Morgan fingerprint density at radius 2 is 1.35 bits per heavy atom. The SMILES string of the molecule is FC(F)(F)Oc1ccc(Cl)c(-c2ccccc2OC(F)(F)F)c1. The Morgan fingerprint density at radius 3 is 1.96 bits per heavy atom. The zero-order chi connectivity index (χ0) is 17.3. The number of hydrogen-bond acceptors (Lipinski definition) is 2. The van der Waals surface area contributed by atoms with Crippen LogP contribution < -0.4 is 9.47 Å². The number of ether oxygens (including phenoxy) is 2. The predicted molar refractivity (Wildman–Crippen MR) is 70.3 cm³/mol. The maximum atomic E-state index is 12.4. The average molecular weight is 357 g/mol. The van der Waals surface area contributed by atoms with Crippen LogP contribution in [0.2, 0.25) is 5.02 Å². The lowest BCUT2D eigenvalue weighted by Crippen LogP contribution is -2.18. The van der Waals surface area contributed by atoms with Crippen LogP contribution in [0.3, 0.4) is 0 Å². The molecule has 0 aliphatic rings. The van der Waals surface area contributed by atoms with E-state index in [1.54, 1.807) is 0 Å². The molecule has 0 atom stereocenters. The highest BCUT2D eigenvalue weighted by molar-refractivity contribution is 6.33. The lowest BCUT2D eigenvalue weighted by Gasteiger charge is -2.15. The smallest absolute Gasteiger partial charge is 0.406 e. The molecule has 0 heterocycles. The van der Waals surface area contributed by atoms with E-state index in [9.17, 15) is 26.3 Å². The van der Waals surface area contributed by atoms with Crippen molar-refractivity contribution in [2.45, 2.75) is 12.7 Å². The molecule has 0 N–H and O–H groups in total. The van der Waals surface area contributed by atoms with Gasteiger partial charge in [0.2, 0.25) is 0 Å². The second-order valence-corrected chi connectivity index (χ2v) is 4.64. The first-order chi connectivity index (χ1) is 10.6. The highest BCUT2D eigenvalue weighted by atomic mass is 35.5. The van der Waals surface area contributed by atoms with Crippen molar-refractivity contribution >= 4 is 11.6 Å². The Morgan fingerprint density at radius 1 is 0.739 bits per heavy atom. The monoisotopic (exact) mass is 356 g/mol. The summed E-state index contributed by atoms with van der Waals surface area (Å²) in [6, 6.07) is 7.86. The summed E-state index contributed by atoms with van der Waals surface area (Å²) in [6.07, 6.45) is -9.89. The predicted octanol–water partition coefficient (Wildman–Crippen LogP) is 5.80. The van der Waals surface area contributed by atoms with Crippen molar-refractivity contribution in [1.29, 1.82) is 0 Å². The van der Waals surface area contributed by atoms with Crippen molar-refractivity contribution in [1.82, 2.24) is 0 Å². The van der Waals surface area contributed by atoms with Crippen LogP contribution in [0.4, 0.5) is 26.3 Å². The third-order valence-electron chi connectivity index (χ3n) is 2.57. The zero-order valence-corrected chi connectivity index (χ0v) is 11.8. The summed E-state index contributed by atoms with van der Waals surface area (Å²) in [7, 11) is 0. The Labute approximate surface area is 131 Å². The minimum absolute atomic E-state index is 0.0576. The first kappa shape index (κ1) is 17.3. The molecular formula is C14H7ClF6O2. The standard InChI is InChI=1S/C14H7ClF6O2/c15-11-6-5-8(22-13(16,17)18)7-10(11)9-3-1-2-4-12(9)23-14(19,20)21/h1-7H. The second kappa shape index (κ2) is 6.19. The summed E-state index contributed by atoms with van der Waals surface area (Å²) in [5.41, 5.74) is -0.212. The van der Waals surface area contributed by atoms with Gasteiger partial charge in [-0.15, -0.1) is 26.3 Å². The highest BCUT2D eigenvalue weighted by Crippen LogP contribution is 2.39. The van der Waals surface area contributed by atoms with E-state index in [0.29, 0.717) is 0 Å². The van der Waals surface area contributed by atoms with Crippen molar-refractivity contribution in [2.24, 2.45) is 0 Å². The molecule has 124 valence electrons. The number of alkyl halides is 6. The van der Waals surface area contributed by atoms with Crippen molar-refractivity contribution in [3.05, 3.63) is 47.5 Å². The molecular weight excluding hydrogens is 350 g/mol. The zero-order valence-electron chi connectivity index (χ0n) is 11.0. The fraction of sp³-hybridized carbons (Fsp3) is 0.143. The van der Waals surface area contributed by atoms with Gasteiger partial charge in [0.25, 0.3) is 0 Å². The van der Waals surface area contributed by atoms with Gasteiger partial charge < -0.3 is 9.47 Å². The van der Waals surface area contributed by atoms with Crippen molar-refractivity contribution in [3.63, 3.8) is 0 Å². The van der Waals surface area contributed by atoms with Gasteiger partial charge in [-0.3, -0.25) is 0 Å². The maximum Gasteiger partial charge on any atom is 0.573 e. The molecule has 2 rings (SSSR count). The minimum atomic E-state index is -4.96. The van der Waals surface area contributed by atoms with Crippen LogP contribution in [-0.2, 0) is 0 Å². The van der Waals surface area contributed by atoms with Gasteiger partial charge in [0.1, 0.15) is 11.5 Å². The molecule has 0 aromatic heterocycles. The van der Waals surface area contributed by atoms with Crippen molar-refractivity contribution in [3.8, 4) is 22.6 Å². The summed E-state index contributed by atoms with van der Waals surface area (Å²) in [6.45, 7) is 0. The molecule has 0 amide bonds. The summed E-state index contributed by atoms with van der Waals surface area (Å²) in [5, 5.41) is -0.0576. The summed E-state index contributed by atoms with van der Waals surface area (Å²) in [5.74, 6) is -1.20. The van der Waals surface area contributed by atoms with E-state index in [0.717, 1.165) is 24.3 Å². The summed E-state index contributed by atoms with van der Waals surface area (Å²) >= 11 is 5.87. The number of benzene rings is 2. The van der Waals surface area contributed by atoms with Crippen LogP contribution in [0.5, 0.6) is 11.5 Å². The largest absolute Gasteiger partial charge is 0.573 e. The lowest BCUT2D eigenvalue weighted by molar-refractivity contribution is -0.275. The first-order valence-electron chi connectivity index (χ1n) is 5.95. The van der Waals surface area contributed by atoms with E-state index in [-0.39, 0.29) is 16.1 Å². The van der Waals surface area contributed by atoms with Gasteiger partial charge >= 0.3 is 12.7 Å². The van der Waals surface area contributed by atoms with E-state index in [2.05, 4.69) is 9.47 Å². The van der Waals surface area contributed by atoms with Gasteiger partial charge in [0.05, 0.1) is 0 Å². The Balaban J connectivity index is 2.48. The molecule has 23 heavy (non-hydrogen) atoms. The Kier molecular flexibility index (Phi) is 4.65. The molecule has 0 bridgehead atoms. The molecule has 0 aliphatic carbocycles. The third kappa shape index (κ3) is 4.95. The van der Waals surface area contributed by atoms with Gasteiger partial charge in [-0.2, -0.15) is 0 Å². The second-order valence-electron chi connectivity index (χ2n) is 4.23. The van der Waals surface area contributed by atoms with Crippen molar-refractivity contribution < 1.29 is 35.8 Å². The van der Waals surface area contributed by atoms with Gasteiger partial charge in [0, 0.05) is 16.1 Å². The van der Waals surface area contributed by atoms with E-state index < -0.39 is 24.2 Å². The minimum Gasteiger partial charge on any atom is -0.406 e. The topological polar surface area (TPSA) is 18.5 Å². The average Bonchev–Trinajstić information content (AvgIpc) is 2.38. The molecule has 2 aromatic carbocycles. The maximum absolute atomic E-state index is 12.4. The number of para-hydroxylation sites is 1. The molecule has 2 aromatic rings. The quantitative estimate of drug-likeness (QED) is 0.647. The Hall–Kier alpha value is -2.09. The third-order valence-corrected chi connectivity index (χ3v) is 2.90. The van der Waals surface area contributed by atoms with Gasteiger partial charge in [-0.25, -0.2) is 0 Å². The molecule has 0 spiro atoms. The normalized spacial score (nSPS) is 12.1. The molecule has 0 saturated heterocycles. The van der Waals surface area contributed by atoms with E-state index >= 15 is 0 Å². The van der Waals surface area contributed by atoms with E-state index in [4.69, 9.17) is 11.6 Å². The lowest BCUT2D eigenvalue weighted by atomic mass is 10.0. The van der Waals surface area contributed by atoms with E-state index in [1.807, 2.05) is 0 Å². The molecule has 0 radical (unpaired) electrons. The van der Waals surface area contributed by atoms with Gasteiger partial charge in [0.15, 0.2) is 0 Å². The molecule has 0 fully saturated rings. The summed E-state index contributed by atoms with van der Waals surface area (Å²) < 4.78 is 81.6. The van der Waals surface area contributed by atoms with Crippen LogP contribution in [0, 0.1) is 0 Å². The van der Waals surface area contributed by atoms with Crippen LogP contribution in [0.25, 0.3) is 11.1 Å². The fourth-order valence-corrected chi connectivity index (χ4v) is 2.03.